The number of benzene rings is 12. The van der Waals surface area contributed by atoms with E-state index in [4.69, 9.17) is 28.4 Å². The van der Waals surface area contributed by atoms with Gasteiger partial charge in [0.2, 0.25) is 0 Å². The summed E-state index contributed by atoms with van der Waals surface area (Å²) in [5.41, 5.74) is 6.68. The number of carbonyl (C=O) groups excluding carboxylic acids is 3. The lowest BCUT2D eigenvalue weighted by Gasteiger charge is -2.31. The molecule has 3 aliphatic carbocycles. The third kappa shape index (κ3) is 15.7. The molecule has 12 aromatic carbocycles. The van der Waals surface area contributed by atoms with Crippen LogP contribution in [0, 0.1) is 45.1 Å². The van der Waals surface area contributed by atoms with Crippen LogP contribution in [0.5, 0.6) is 17.2 Å². The summed E-state index contributed by atoms with van der Waals surface area (Å²) in [7, 11) is -1.70. The van der Waals surface area contributed by atoms with E-state index in [0.717, 1.165) is 84.3 Å². The summed E-state index contributed by atoms with van der Waals surface area (Å²) in [6, 6.07) is 86.7. The Morgan fingerprint density at radius 3 is 1.41 bits per heavy atom. The van der Waals surface area contributed by atoms with Crippen LogP contribution in [-0.2, 0) is 104 Å². The Morgan fingerprint density at radius 2 is 0.844 bits per heavy atom. The predicted molar refractivity (Wildman–Crippen MR) is 421 cm³/mol. The number of ether oxygens (including phenoxy) is 6. The summed E-state index contributed by atoms with van der Waals surface area (Å²) in [5.74, 6) is -1.12. The SMILES string of the molecule is Cc1cc([S+](c2ccccc2)c2cccc(-c3cc(F)cc4c3C(C)(OC(=O)COc3c(C)cc([S+](c5ccccc5)c5cccc(CC6(OC(=O)COc7ccc([S+](c8ccccc8)c8ccccc8)cc7)CCc7c(F)cccc76)c5)cc3C)CC4)c2)cc(C)c1OCC(=O)OC1(C)CCc2ccc(F)cc21. The average Bonchev–Trinajstić information content (AvgIpc) is 1.67. The second-order valence-electron chi connectivity index (χ2n) is 28.6. The first-order valence-electron chi connectivity index (χ1n) is 36.7. The van der Waals surface area contributed by atoms with Crippen molar-refractivity contribution in [3.05, 3.63) is 346 Å². The maximum Gasteiger partial charge on any atom is 0.345 e. The van der Waals surface area contributed by atoms with Crippen molar-refractivity contribution in [2.24, 2.45) is 0 Å². The quantitative estimate of drug-likeness (QED) is 0.0332. The molecule has 5 unspecified atom stereocenters. The van der Waals surface area contributed by atoms with Crippen molar-refractivity contribution in [2.45, 2.75) is 147 Å². The van der Waals surface area contributed by atoms with Gasteiger partial charge in [0, 0.05) is 53.4 Å². The van der Waals surface area contributed by atoms with E-state index in [1.54, 1.807) is 18.2 Å². The highest BCUT2D eigenvalue weighted by Crippen LogP contribution is 2.49. The smallest absolute Gasteiger partial charge is 0.345 e. The Balaban J connectivity index is 0.639. The Kier molecular flexibility index (Phi) is 21.3. The summed E-state index contributed by atoms with van der Waals surface area (Å²) in [4.78, 5) is 51.7. The van der Waals surface area contributed by atoms with E-state index in [0.29, 0.717) is 84.4 Å². The van der Waals surface area contributed by atoms with Gasteiger partial charge in [-0.05, 0) is 257 Å². The lowest BCUT2D eigenvalue weighted by atomic mass is 9.88. The van der Waals surface area contributed by atoms with Gasteiger partial charge in [-0.3, -0.25) is 0 Å². The molecule has 0 saturated heterocycles. The van der Waals surface area contributed by atoms with Crippen LogP contribution in [0.15, 0.2) is 311 Å². The van der Waals surface area contributed by atoms with Gasteiger partial charge in [0.25, 0.3) is 0 Å². The van der Waals surface area contributed by atoms with E-state index in [9.17, 15) is 18.8 Å². The lowest BCUT2D eigenvalue weighted by molar-refractivity contribution is -0.164. The van der Waals surface area contributed by atoms with Crippen LogP contribution in [0.2, 0.25) is 0 Å². The number of halogens is 3. The standard InChI is InChI=1S/C94H82F3O9S3/c1-61-48-79(108(74-28-15-9-16-29-74)77-32-19-22-65(52-77)57-94(47-44-81-83(94)34-21-35-85(81)97)106-88(100)58-101-71-38-40-76(41-39-71)107(72-24-11-7-12-25-72)73-26-13-8-14-27-73)49-62(2)91(61)103-60-87(99)105-93(6)46-43-68-53-70(96)55-82(89(68)93)67-23-20-33-78(54-67)109(75-30-17-10-18-31-75)80-50-63(3)90(64(4)51-80)102-59-86(98)104-92(5)45-42-66-36-37-69(95)56-84(66)92/h7-41,48-56H,42-47,57-60H2,1-6H3/q+3. The van der Waals surface area contributed by atoms with Gasteiger partial charge in [-0.25, -0.2) is 27.6 Å². The molecule has 0 aromatic heterocycles. The average molecular weight is 1510 g/mol. The zero-order chi connectivity index (χ0) is 75.6. The molecular formula is C94H82F3O9S3+3. The monoisotopic (exact) mass is 1510 g/mol. The summed E-state index contributed by atoms with van der Waals surface area (Å²) in [5, 5.41) is 0. The van der Waals surface area contributed by atoms with Crippen molar-refractivity contribution < 1.29 is 56.0 Å². The van der Waals surface area contributed by atoms with Crippen LogP contribution in [-0.4, -0.2) is 37.7 Å². The van der Waals surface area contributed by atoms with Crippen molar-refractivity contribution in [1.82, 2.24) is 0 Å². The maximum absolute atomic E-state index is 16.0. The molecule has 12 aromatic rings. The van der Waals surface area contributed by atoms with Gasteiger partial charge in [-0.1, -0.05) is 115 Å². The summed E-state index contributed by atoms with van der Waals surface area (Å²) in [6.07, 6.45) is 3.23. The Bertz CT molecular complexity index is 5310. The largest absolute Gasteiger partial charge is 0.482 e. The molecule has 0 saturated carbocycles. The minimum Gasteiger partial charge on any atom is -0.482 e. The molecule has 15 rings (SSSR count). The first kappa shape index (κ1) is 73.8. The zero-order valence-electron chi connectivity index (χ0n) is 61.5. The molecule has 0 amide bonds. The molecule has 0 N–H and O–H groups in total. The van der Waals surface area contributed by atoms with Crippen LogP contribution < -0.4 is 14.2 Å². The molecule has 548 valence electrons. The molecule has 0 heterocycles. The van der Waals surface area contributed by atoms with Crippen LogP contribution in [0.4, 0.5) is 13.2 Å². The predicted octanol–water partition coefficient (Wildman–Crippen LogP) is 20.9. The third-order valence-corrected chi connectivity index (χ3v) is 27.4. The number of rotatable bonds is 24. The van der Waals surface area contributed by atoms with Gasteiger partial charge < -0.3 is 28.4 Å². The molecule has 9 nitrogen and oxygen atoms in total. The second kappa shape index (κ2) is 31.5. The summed E-state index contributed by atoms with van der Waals surface area (Å²) >= 11 is 0. The normalized spacial score (nSPS) is 17.4. The number of hydrogen-bond donors (Lipinski definition) is 0. The highest BCUT2D eigenvalue weighted by Gasteiger charge is 2.46. The van der Waals surface area contributed by atoms with Crippen LogP contribution in [0.1, 0.15) is 94.3 Å². The zero-order valence-corrected chi connectivity index (χ0v) is 64.0. The molecule has 109 heavy (non-hydrogen) atoms. The van der Waals surface area contributed by atoms with Crippen molar-refractivity contribution in [1.29, 1.82) is 0 Å². The summed E-state index contributed by atoms with van der Waals surface area (Å²) < 4.78 is 84.1. The van der Waals surface area contributed by atoms with Crippen molar-refractivity contribution in [2.75, 3.05) is 19.8 Å². The minimum atomic E-state index is -1.18. The van der Waals surface area contributed by atoms with Crippen LogP contribution in [0.25, 0.3) is 11.1 Å². The molecule has 5 atom stereocenters. The van der Waals surface area contributed by atoms with Gasteiger partial charge in [0.05, 0.1) is 32.7 Å². The number of aryl methyl sites for hydroxylation is 6. The van der Waals surface area contributed by atoms with E-state index in [2.05, 4.69) is 121 Å². The molecular weight excluding hydrogens is 1430 g/mol. The topological polar surface area (TPSA) is 107 Å². The highest BCUT2D eigenvalue weighted by molar-refractivity contribution is 7.97. The van der Waals surface area contributed by atoms with E-state index in [1.165, 1.54) is 34.1 Å². The minimum absolute atomic E-state index is 0.291. The summed E-state index contributed by atoms with van der Waals surface area (Å²) in [6.45, 7) is 10.5. The maximum atomic E-state index is 16.0. The fourth-order valence-corrected chi connectivity index (χ4v) is 22.7. The van der Waals surface area contributed by atoms with Crippen LogP contribution in [0.3, 0.4) is 0 Å². The lowest BCUT2D eigenvalue weighted by Crippen LogP contribution is -2.34. The Labute approximate surface area is 643 Å². The molecule has 15 heteroatoms. The highest BCUT2D eigenvalue weighted by atomic mass is 32.2. The van der Waals surface area contributed by atoms with Crippen molar-refractivity contribution >= 4 is 50.6 Å². The molecule has 0 fully saturated rings. The molecule has 3 aliphatic rings. The molecule has 0 radical (unpaired) electrons. The van der Waals surface area contributed by atoms with E-state index < -0.39 is 62.3 Å². The van der Waals surface area contributed by atoms with Crippen LogP contribution >= 0.6 is 0 Å². The Morgan fingerprint density at radius 1 is 0.376 bits per heavy atom. The van der Waals surface area contributed by atoms with E-state index in [-0.39, 0.29) is 42.4 Å². The molecule has 0 spiro atoms. The van der Waals surface area contributed by atoms with Gasteiger partial charge in [0.15, 0.2) is 63.9 Å². The second-order valence-corrected chi connectivity index (χ2v) is 34.6. The first-order valence-corrected chi connectivity index (χ1v) is 40.3. The number of hydrogen-bond acceptors (Lipinski definition) is 9. The van der Waals surface area contributed by atoms with E-state index >= 15 is 8.78 Å². The van der Waals surface area contributed by atoms with E-state index in [1.807, 2.05) is 145 Å². The Hall–Kier alpha value is -10.7. The molecule has 0 bridgehead atoms. The number of fused-ring (bicyclic) bond motifs is 3. The number of esters is 3. The van der Waals surface area contributed by atoms with Gasteiger partial charge in [-0.15, -0.1) is 0 Å². The fraction of sp³-hybridized carbons (Fsp3) is 0.202. The van der Waals surface area contributed by atoms with Gasteiger partial charge in [0.1, 0.15) is 51.5 Å². The number of carbonyl (C=O) groups is 3. The third-order valence-electron chi connectivity index (χ3n) is 20.8. The van der Waals surface area contributed by atoms with Crippen molar-refractivity contribution in [3.8, 4) is 28.4 Å². The van der Waals surface area contributed by atoms with Crippen molar-refractivity contribution in [3.63, 3.8) is 0 Å². The van der Waals surface area contributed by atoms with Gasteiger partial charge >= 0.3 is 17.9 Å². The first-order chi connectivity index (χ1) is 52.8. The molecule has 0 aliphatic heterocycles. The fourth-order valence-electron chi connectivity index (χ4n) is 16.0. The van der Waals surface area contributed by atoms with Gasteiger partial charge in [-0.2, -0.15) is 0 Å².